The summed E-state index contributed by atoms with van der Waals surface area (Å²) in [6, 6.07) is 9.81. The molecule has 2 rings (SSSR count). The molecule has 1 heterocycles. The van der Waals surface area contributed by atoms with Crippen LogP contribution < -0.4 is 5.30 Å². The topological polar surface area (TPSA) is 34.1 Å². The van der Waals surface area contributed by atoms with Crippen LogP contribution in [-0.2, 0) is 9.13 Å². The van der Waals surface area contributed by atoms with Gasteiger partial charge in [-0.05, 0) is 19.2 Å². The van der Waals surface area contributed by atoms with E-state index in [2.05, 4.69) is 6.92 Å². The van der Waals surface area contributed by atoms with Gasteiger partial charge in [0.2, 0.25) is 0 Å². The molecular weight excluding hydrogens is 226 g/mol. The SMILES string of the molecule is CC1=CP(=O)(c2ccccc2)CC1.O=[PH3]. The third-order valence-electron chi connectivity index (χ3n) is 2.46. The normalized spacial score (nSPS) is 24.2. The molecule has 0 bridgehead atoms. The Morgan fingerprint density at radius 1 is 1.20 bits per heavy atom. The van der Waals surface area contributed by atoms with Gasteiger partial charge >= 0.3 is 0 Å². The lowest BCUT2D eigenvalue weighted by Gasteiger charge is -2.08. The Morgan fingerprint density at radius 3 is 2.27 bits per heavy atom. The van der Waals surface area contributed by atoms with Gasteiger partial charge in [0.25, 0.3) is 0 Å². The maximum Gasteiger partial charge on any atom is 0.136 e. The molecule has 4 heteroatoms. The van der Waals surface area contributed by atoms with Crippen molar-refractivity contribution < 1.29 is 9.13 Å². The molecule has 0 N–H and O–H groups in total. The molecule has 1 aromatic carbocycles. The predicted octanol–water partition coefficient (Wildman–Crippen LogP) is 2.92. The summed E-state index contributed by atoms with van der Waals surface area (Å²) >= 11 is 0. The summed E-state index contributed by atoms with van der Waals surface area (Å²) < 4.78 is 20.6. The van der Waals surface area contributed by atoms with Crippen molar-refractivity contribution in [2.75, 3.05) is 6.16 Å². The molecule has 0 radical (unpaired) electrons. The second-order valence-electron chi connectivity index (χ2n) is 3.58. The summed E-state index contributed by atoms with van der Waals surface area (Å²) in [6.45, 7) is 2.06. The molecule has 1 aliphatic rings. The van der Waals surface area contributed by atoms with E-state index in [9.17, 15) is 4.57 Å². The first kappa shape index (κ1) is 12.5. The van der Waals surface area contributed by atoms with E-state index in [1.54, 1.807) is 0 Å². The minimum absolute atomic E-state index is 0.611. The zero-order valence-corrected chi connectivity index (χ0v) is 11.2. The standard InChI is InChI=1S/C11H13OP.H3OP/c1-10-7-8-13(12,9-10)11-5-3-2-4-6-11;1-2/h2-6,9H,7-8H2,1H3;2H3. The van der Waals surface area contributed by atoms with Crippen molar-refractivity contribution in [1.29, 1.82) is 0 Å². The monoisotopic (exact) mass is 242 g/mol. The summed E-state index contributed by atoms with van der Waals surface area (Å²) in [7, 11) is -1.53. The van der Waals surface area contributed by atoms with E-state index in [1.807, 2.05) is 36.1 Å². The molecule has 2 atom stereocenters. The van der Waals surface area contributed by atoms with Gasteiger partial charge in [0.05, 0.1) is 9.12 Å². The number of hydrogen-bond donors (Lipinski definition) is 0. The number of rotatable bonds is 1. The van der Waals surface area contributed by atoms with E-state index in [0.29, 0.717) is 9.12 Å². The zero-order valence-electron chi connectivity index (χ0n) is 8.85. The summed E-state index contributed by atoms with van der Waals surface area (Å²) in [4.78, 5) is 0. The number of hydrogen-bond acceptors (Lipinski definition) is 2. The highest BCUT2D eigenvalue weighted by Crippen LogP contribution is 2.52. The molecule has 1 aliphatic heterocycles. The smallest absolute Gasteiger partial charge is 0.136 e. The third kappa shape index (κ3) is 2.93. The van der Waals surface area contributed by atoms with Crippen LogP contribution >= 0.6 is 16.3 Å². The third-order valence-corrected chi connectivity index (χ3v) is 5.38. The van der Waals surface area contributed by atoms with Crippen molar-refractivity contribution in [2.24, 2.45) is 0 Å². The molecule has 0 aliphatic carbocycles. The molecule has 15 heavy (non-hydrogen) atoms. The summed E-state index contributed by atoms with van der Waals surface area (Å²) in [6.07, 6.45) is 1.81. The van der Waals surface area contributed by atoms with Gasteiger partial charge in [0, 0.05) is 11.5 Å². The molecule has 2 unspecified atom stereocenters. The van der Waals surface area contributed by atoms with Crippen LogP contribution in [0.25, 0.3) is 0 Å². The minimum Gasteiger partial charge on any atom is -0.333 e. The van der Waals surface area contributed by atoms with Gasteiger partial charge in [-0.1, -0.05) is 35.9 Å². The van der Waals surface area contributed by atoms with Gasteiger partial charge in [-0.25, -0.2) is 0 Å². The Hall–Kier alpha value is -0.580. The first-order valence-electron chi connectivity index (χ1n) is 4.82. The highest BCUT2D eigenvalue weighted by atomic mass is 31.2. The Morgan fingerprint density at radius 2 is 1.80 bits per heavy atom. The van der Waals surface area contributed by atoms with E-state index < -0.39 is 7.14 Å². The first-order valence-corrected chi connectivity index (χ1v) is 7.36. The highest BCUT2D eigenvalue weighted by molar-refractivity contribution is 7.74. The fourth-order valence-corrected chi connectivity index (χ4v) is 4.45. The lowest BCUT2D eigenvalue weighted by molar-refractivity contribution is 0.587. The van der Waals surface area contributed by atoms with Crippen molar-refractivity contribution in [3.63, 3.8) is 0 Å². The molecule has 0 amide bonds. The van der Waals surface area contributed by atoms with Crippen LogP contribution in [0.2, 0.25) is 0 Å². The second-order valence-corrected chi connectivity index (χ2v) is 6.39. The quantitative estimate of drug-likeness (QED) is 0.709. The average Bonchev–Trinajstić information content (AvgIpc) is 2.64. The van der Waals surface area contributed by atoms with Crippen molar-refractivity contribution in [1.82, 2.24) is 0 Å². The van der Waals surface area contributed by atoms with Gasteiger partial charge in [-0.3, -0.25) is 0 Å². The largest absolute Gasteiger partial charge is 0.333 e. The van der Waals surface area contributed by atoms with Crippen LogP contribution in [0.4, 0.5) is 0 Å². The Bertz CT molecular complexity index is 398. The van der Waals surface area contributed by atoms with E-state index >= 15 is 0 Å². The van der Waals surface area contributed by atoms with Gasteiger partial charge in [-0.15, -0.1) is 0 Å². The van der Waals surface area contributed by atoms with Gasteiger partial charge < -0.3 is 9.13 Å². The van der Waals surface area contributed by atoms with Gasteiger partial charge in [0.15, 0.2) is 0 Å². The lowest BCUT2D eigenvalue weighted by Crippen LogP contribution is -2.01. The molecule has 82 valence electrons. The molecule has 1 aromatic rings. The number of allylic oxidation sites excluding steroid dienone is 1. The first-order chi connectivity index (χ1) is 7.21. The molecule has 0 spiro atoms. The second kappa shape index (κ2) is 5.49. The molecule has 0 fully saturated rings. The summed E-state index contributed by atoms with van der Waals surface area (Å²) in [5.41, 5.74) is 1.27. The van der Waals surface area contributed by atoms with Crippen LogP contribution in [0, 0.1) is 0 Å². The van der Waals surface area contributed by atoms with Crippen LogP contribution in [0.1, 0.15) is 13.3 Å². The van der Waals surface area contributed by atoms with Crippen molar-refractivity contribution in [3.05, 3.63) is 41.7 Å². The van der Waals surface area contributed by atoms with Crippen molar-refractivity contribution >= 4 is 21.6 Å². The van der Waals surface area contributed by atoms with Crippen molar-refractivity contribution in [3.8, 4) is 0 Å². The Labute approximate surface area is 92.4 Å². The molecular formula is C11H16O2P2. The lowest BCUT2D eigenvalue weighted by atomic mass is 10.3. The minimum atomic E-state index is -2.14. The fourth-order valence-electron chi connectivity index (χ4n) is 1.71. The average molecular weight is 242 g/mol. The van der Waals surface area contributed by atoms with E-state index in [-0.39, 0.29) is 0 Å². The van der Waals surface area contributed by atoms with E-state index in [1.165, 1.54) is 5.57 Å². The summed E-state index contributed by atoms with van der Waals surface area (Å²) in [5.74, 6) is 1.97. The zero-order chi connectivity index (χ0) is 11.3. The molecule has 2 nitrogen and oxygen atoms in total. The molecule has 0 saturated carbocycles. The Balaban J connectivity index is 0.000000531. The van der Waals surface area contributed by atoms with Crippen molar-refractivity contribution in [2.45, 2.75) is 13.3 Å². The maximum absolute atomic E-state index is 12.3. The van der Waals surface area contributed by atoms with E-state index in [0.717, 1.165) is 17.9 Å². The predicted molar refractivity (Wildman–Crippen MR) is 68.7 cm³/mol. The molecule has 0 aromatic heterocycles. The fraction of sp³-hybridized carbons (Fsp3) is 0.273. The summed E-state index contributed by atoms with van der Waals surface area (Å²) in [5, 5.41) is 1.01. The molecule has 0 saturated heterocycles. The maximum atomic E-state index is 12.3. The van der Waals surface area contributed by atoms with Crippen LogP contribution in [-0.4, -0.2) is 6.16 Å². The van der Waals surface area contributed by atoms with Crippen LogP contribution in [0.5, 0.6) is 0 Å². The van der Waals surface area contributed by atoms with Gasteiger partial charge in [-0.2, -0.15) is 0 Å². The highest BCUT2D eigenvalue weighted by Gasteiger charge is 2.26. The van der Waals surface area contributed by atoms with Crippen LogP contribution in [0.15, 0.2) is 41.7 Å². The Kier molecular flexibility index (Phi) is 4.57. The van der Waals surface area contributed by atoms with Gasteiger partial charge in [0.1, 0.15) is 7.14 Å². The van der Waals surface area contributed by atoms with Crippen LogP contribution in [0.3, 0.4) is 0 Å². The number of benzene rings is 1. The van der Waals surface area contributed by atoms with E-state index in [4.69, 9.17) is 4.57 Å².